The Labute approximate surface area is 102 Å². The molecule has 0 atom stereocenters. The molecule has 1 aromatic heterocycles. The molecule has 0 bridgehead atoms. The minimum Gasteiger partial charge on any atom is -0.350 e. The van der Waals surface area contributed by atoms with Crippen LogP contribution in [0.3, 0.4) is 0 Å². The molecule has 0 aliphatic rings. The molecule has 2 heteroatoms. The highest BCUT2D eigenvalue weighted by atomic mass is 16.1. The van der Waals surface area contributed by atoms with Crippen LogP contribution in [0.1, 0.15) is 19.4 Å². The molecule has 2 nitrogen and oxygen atoms in total. The van der Waals surface area contributed by atoms with Crippen LogP contribution in [0.15, 0.2) is 36.0 Å². The lowest BCUT2D eigenvalue weighted by atomic mass is 10.0. The first-order valence-electron chi connectivity index (χ1n) is 5.84. The van der Waals surface area contributed by atoms with Crippen molar-refractivity contribution in [3.63, 3.8) is 0 Å². The molecule has 0 fully saturated rings. The standard InChI is InChI=1S/C15H17NO/c1-11(2)13(10-17)8-12-9-16(3)15-7-5-4-6-14(12)15/h4-11H,1-3H3/b13-8+. The summed E-state index contributed by atoms with van der Waals surface area (Å²) in [6, 6.07) is 8.22. The average molecular weight is 227 g/mol. The van der Waals surface area contributed by atoms with Crippen molar-refractivity contribution in [2.24, 2.45) is 13.0 Å². The minimum absolute atomic E-state index is 0.256. The zero-order valence-corrected chi connectivity index (χ0v) is 10.5. The van der Waals surface area contributed by atoms with Gasteiger partial charge in [-0.2, -0.15) is 0 Å². The largest absolute Gasteiger partial charge is 0.350 e. The van der Waals surface area contributed by atoms with E-state index in [2.05, 4.69) is 22.9 Å². The number of carbonyl (C=O) groups excluding carboxylic acids is 1. The molecule has 17 heavy (non-hydrogen) atoms. The van der Waals surface area contributed by atoms with E-state index in [9.17, 15) is 4.79 Å². The van der Waals surface area contributed by atoms with Gasteiger partial charge >= 0.3 is 0 Å². The van der Waals surface area contributed by atoms with Crippen LogP contribution in [0.2, 0.25) is 0 Å². The molecular formula is C15H17NO. The topological polar surface area (TPSA) is 22.0 Å². The van der Waals surface area contributed by atoms with Gasteiger partial charge in [0.15, 0.2) is 0 Å². The summed E-state index contributed by atoms with van der Waals surface area (Å²) in [7, 11) is 2.02. The third kappa shape index (κ3) is 2.16. The van der Waals surface area contributed by atoms with E-state index in [1.54, 1.807) is 0 Å². The van der Waals surface area contributed by atoms with E-state index >= 15 is 0 Å². The molecule has 2 aromatic rings. The van der Waals surface area contributed by atoms with Crippen molar-refractivity contribution in [2.45, 2.75) is 13.8 Å². The third-order valence-electron chi connectivity index (χ3n) is 3.05. The first kappa shape index (κ1) is 11.6. The fourth-order valence-corrected chi connectivity index (χ4v) is 2.00. The fraction of sp³-hybridized carbons (Fsp3) is 0.267. The van der Waals surface area contributed by atoms with Crippen LogP contribution >= 0.6 is 0 Å². The maximum absolute atomic E-state index is 11.0. The number of nitrogens with zero attached hydrogens (tertiary/aromatic N) is 1. The lowest BCUT2D eigenvalue weighted by molar-refractivity contribution is -0.105. The van der Waals surface area contributed by atoms with Crippen molar-refractivity contribution in [2.75, 3.05) is 0 Å². The second kappa shape index (κ2) is 4.58. The number of para-hydroxylation sites is 1. The van der Waals surface area contributed by atoms with E-state index in [0.29, 0.717) is 0 Å². The summed E-state index contributed by atoms with van der Waals surface area (Å²) in [5, 5.41) is 1.19. The van der Waals surface area contributed by atoms with Crippen molar-refractivity contribution in [1.82, 2.24) is 4.57 Å². The smallest absolute Gasteiger partial charge is 0.146 e. The second-order valence-corrected chi connectivity index (χ2v) is 4.63. The summed E-state index contributed by atoms with van der Waals surface area (Å²) in [6.45, 7) is 4.07. The minimum atomic E-state index is 0.256. The van der Waals surface area contributed by atoms with Gasteiger partial charge < -0.3 is 4.57 Å². The Balaban J connectivity index is 2.60. The van der Waals surface area contributed by atoms with Crippen molar-refractivity contribution in [3.8, 4) is 0 Å². The maximum atomic E-state index is 11.0. The Morgan fingerprint density at radius 1 is 1.29 bits per heavy atom. The van der Waals surface area contributed by atoms with Gasteiger partial charge in [0, 0.05) is 29.7 Å². The molecule has 1 aromatic carbocycles. The molecule has 0 radical (unpaired) electrons. The molecule has 0 saturated heterocycles. The van der Waals surface area contributed by atoms with E-state index in [1.807, 2.05) is 39.1 Å². The normalized spacial score (nSPS) is 12.4. The van der Waals surface area contributed by atoms with Crippen LogP contribution in [0.4, 0.5) is 0 Å². The van der Waals surface area contributed by atoms with Crippen LogP contribution in [-0.4, -0.2) is 10.9 Å². The Hall–Kier alpha value is -1.83. The molecule has 0 unspecified atom stereocenters. The van der Waals surface area contributed by atoms with Gasteiger partial charge in [-0.1, -0.05) is 32.0 Å². The van der Waals surface area contributed by atoms with E-state index in [4.69, 9.17) is 0 Å². The van der Waals surface area contributed by atoms with Gasteiger partial charge in [-0.25, -0.2) is 0 Å². The number of aldehydes is 1. The second-order valence-electron chi connectivity index (χ2n) is 4.63. The zero-order chi connectivity index (χ0) is 12.4. The van der Waals surface area contributed by atoms with Gasteiger partial charge in [0.25, 0.3) is 0 Å². The molecule has 0 aliphatic carbocycles. The number of fused-ring (bicyclic) bond motifs is 1. The van der Waals surface area contributed by atoms with Gasteiger partial charge in [0.05, 0.1) is 0 Å². The summed E-state index contributed by atoms with van der Waals surface area (Å²) >= 11 is 0. The van der Waals surface area contributed by atoms with Crippen LogP contribution in [0, 0.1) is 5.92 Å². The Morgan fingerprint density at radius 2 is 2.00 bits per heavy atom. The molecule has 2 rings (SSSR count). The number of aryl methyl sites for hydroxylation is 1. The highest BCUT2D eigenvalue weighted by Crippen LogP contribution is 2.23. The zero-order valence-electron chi connectivity index (χ0n) is 10.5. The quantitative estimate of drug-likeness (QED) is 0.581. The van der Waals surface area contributed by atoms with Crippen LogP contribution in [-0.2, 0) is 11.8 Å². The van der Waals surface area contributed by atoms with Crippen molar-refractivity contribution in [3.05, 3.63) is 41.6 Å². The molecule has 1 heterocycles. The molecule has 0 aliphatic heterocycles. The first-order chi connectivity index (χ1) is 8.13. The van der Waals surface area contributed by atoms with E-state index in [1.165, 1.54) is 10.9 Å². The van der Waals surface area contributed by atoms with Gasteiger partial charge in [0.1, 0.15) is 6.29 Å². The summed E-state index contributed by atoms with van der Waals surface area (Å²) in [5.41, 5.74) is 3.13. The Kier molecular flexibility index (Phi) is 3.14. The first-order valence-corrected chi connectivity index (χ1v) is 5.84. The third-order valence-corrected chi connectivity index (χ3v) is 3.05. The summed E-state index contributed by atoms with van der Waals surface area (Å²) in [5.74, 6) is 0.256. The Morgan fingerprint density at radius 3 is 2.65 bits per heavy atom. The number of benzene rings is 1. The number of hydrogen-bond acceptors (Lipinski definition) is 1. The van der Waals surface area contributed by atoms with Gasteiger partial charge in [-0.3, -0.25) is 4.79 Å². The molecule has 0 N–H and O–H groups in total. The Bertz CT molecular complexity index is 576. The molecular weight excluding hydrogens is 210 g/mol. The van der Waals surface area contributed by atoms with Crippen LogP contribution < -0.4 is 0 Å². The van der Waals surface area contributed by atoms with E-state index in [-0.39, 0.29) is 5.92 Å². The van der Waals surface area contributed by atoms with Crippen LogP contribution in [0.25, 0.3) is 17.0 Å². The van der Waals surface area contributed by atoms with Crippen molar-refractivity contribution in [1.29, 1.82) is 0 Å². The molecule has 88 valence electrons. The van der Waals surface area contributed by atoms with Gasteiger partial charge in [-0.05, 0) is 23.6 Å². The summed E-state index contributed by atoms with van der Waals surface area (Å²) < 4.78 is 2.09. The average Bonchev–Trinajstić information content (AvgIpc) is 2.63. The lowest BCUT2D eigenvalue weighted by Gasteiger charge is -2.02. The van der Waals surface area contributed by atoms with Crippen molar-refractivity contribution < 1.29 is 4.79 Å². The van der Waals surface area contributed by atoms with Gasteiger partial charge in [-0.15, -0.1) is 0 Å². The lowest BCUT2D eigenvalue weighted by Crippen LogP contribution is -1.94. The molecule has 0 saturated carbocycles. The SMILES string of the molecule is CC(C)/C(C=O)=C/c1cn(C)c2ccccc12. The predicted molar refractivity (Wildman–Crippen MR) is 71.8 cm³/mol. The molecule has 0 amide bonds. The van der Waals surface area contributed by atoms with Gasteiger partial charge in [0.2, 0.25) is 0 Å². The van der Waals surface area contributed by atoms with E-state index in [0.717, 1.165) is 17.4 Å². The number of allylic oxidation sites excluding steroid dienone is 1. The highest BCUT2D eigenvalue weighted by molar-refractivity contribution is 5.93. The predicted octanol–water partition coefficient (Wildman–Crippen LogP) is 3.42. The monoisotopic (exact) mass is 227 g/mol. The highest BCUT2D eigenvalue weighted by Gasteiger charge is 2.06. The number of carbonyl (C=O) groups is 1. The summed E-state index contributed by atoms with van der Waals surface area (Å²) in [4.78, 5) is 11.0. The fourth-order valence-electron chi connectivity index (χ4n) is 2.00. The van der Waals surface area contributed by atoms with E-state index < -0.39 is 0 Å². The maximum Gasteiger partial charge on any atom is 0.146 e. The number of hydrogen-bond donors (Lipinski definition) is 0. The number of rotatable bonds is 3. The number of aromatic nitrogens is 1. The molecule has 0 spiro atoms. The van der Waals surface area contributed by atoms with Crippen LogP contribution in [0.5, 0.6) is 0 Å². The summed E-state index contributed by atoms with van der Waals surface area (Å²) in [6.07, 6.45) is 5.00. The van der Waals surface area contributed by atoms with Crippen molar-refractivity contribution >= 4 is 23.3 Å².